The first-order valence-electron chi connectivity index (χ1n) is 10.9. The maximum absolute atomic E-state index is 14.0. The molecule has 0 aliphatic carbocycles. The summed E-state index contributed by atoms with van der Waals surface area (Å²) in [7, 11) is 1.37. The second-order valence-electron chi connectivity index (χ2n) is 8.94. The lowest BCUT2D eigenvalue weighted by Gasteiger charge is -2.36. The second-order valence-corrected chi connectivity index (χ2v) is 9.86. The molecule has 174 valence electrons. The van der Waals surface area contributed by atoms with Crippen LogP contribution < -0.4 is 15.0 Å². The van der Waals surface area contributed by atoms with Gasteiger partial charge in [0.05, 0.1) is 23.9 Å². The molecule has 4 heterocycles. The maximum Gasteiger partial charge on any atom is 0.271 e. The van der Waals surface area contributed by atoms with Crippen molar-refractivity contribution in [3.63, 3.8) is 0 Å². The second kappa shape index (κ2) is 7.09. The van der Waals surface area contributed by atoms with Gasteiger partial charge in [0.1, 0.15) is 17.0 Å². The van der Waals surface area contributed by atoms with Gasteiger partial charge in [-0.25, -0.2) is 4.90 Å². The molecule has 0 aromatic heterocycles. The van der Waals surface area contributed by atoms with Crippen LogP contribution in [0.1, 0.15) is 18.4 Å². The van der Waals surface area contributed by atoms with E-state index in [0.29, 0.717) is 24.2 Å². The summed E-state index contributed by atoms with van der Waals surface area (Å²) in [6.45, 7) is 0.595. The molecule has 1 N–H and O–H groups in total. The molecule has 6 rings (SSSR count). The summed E-state index contributed by atoms with van der Waals surface area (Å²) in [5, 5.41) is 14.3. The monoisotopic (exact) mass is 526 g/mol. The molecule has 4 aliphatic heterocycles. The van der Waals surface area contributed by atoms with E-state index in [1.54, 1.807) is 6.07 Å². The van der Waals surface area contributed by atoms with Crippen molar-refractivity contribution in [1.29, 1.82) is 0 Å². The number of nitrogens with one attached hydrogen (secondary N) is 1. The van der Waals surface area contributed by atoms with Crippen molar-refractivity contribution < 1.29 is 24.0 Å². The van der Waals surface area contributed by atoms with E-state index in [2.05, 4.69) is 21.2 Å². The van der Waals surface area contributed by atoms with Gasteiger partial charge in [-0.2, -0.15) is 0 Å². The molecule has 0 unspecified atom stereocenters. The molecule has 0 saturated carbocycles. The Labute approximate surface area is 202 Å². The highest BCUT2D eigenvalue weighted by atomic mass is 79.9. The molecule has 0 radical (unpaired) electrons. The number of methoxy groups -OCH3 is 1. The molecule has 10 nitrogen and oxygen atoms in total. The minimum absolute atomic E-state index is 0.0219. The number of hydrogen-bond acceptors (Lipinski definition) is 7. The molecule has 2 aromatic carbocycles. The van der Waals surface area contributed by atoms with Crippen LogP contribution in [0, 0.1) is 22.0 Å². The summed E-state index contributed by atoms with van der Waals surface area (Å²) in [6.07, 6.45) is 1.48. The van der Waals surface area contributed by atoms with Gasteiger partial charge in [0.15, 0.2) is 0 Å². The number of ether oxygens (including phenoxy) is 1. The largest absolute Gasteiger partial charge is 0.495 e. The normalized spacial score (nSPS) is 29.4. The van der Waals surface area contributed by atoms with E-state index in [1.165, 1.54) is 25.3 Å². The molecule has 0 bridgehead atoms. The van der Waals surface area contributed by atoms with Crippen LogP contribution in [0.2, 0.25) is 0 Å². The Bertz CT molecular complexity index is 1310. The molecule has 3 amide bonds. The minimum atomic E-state index is -1.32. The highest BCUT2D eigenvalue weighted by Gasteiger charge is 2.74. The Kier molecular flexibility index (Phi) is 4.43. The van der Waals surface area contributed by atoms with Gasteiger partial charge < -0.3 is 10.1 Å². The number of fused-ring (bicyclic) bond motifs is 7. The first-order chi connectivity index (χ1) is 16.3. The fraction of sp³-hybridized carbons (Fsp3) is 0.348. The molecule has 3 fully saturated rings. The van der Waals surface area contributed by atoms with Crippen molar-refractivity contribution in [2.45, 2.75) is 24.4 Å². The molecule has 4 atom stereocenters. The number of nitro groups is 1. The number of nitro benzene ring substituents is 1. The number of amides is 3. The van der Waals surface area contributed by atoms with Gasteiger partial charge in [0, 0.05) is 33.9 Å². The number of carbonyl (C=O) groups excluding carboxylic acids is 3. The van der Waals surface area contributed by atoms with Crippen molar-refractivity contribution in [3.8, 4) is 5.75 Å². The molecule has 11 heteroatoms. The number of anilines is 2. The Morgan fingerprint density at radius 2 is 1.97 bits per heavy atom. The number of halogens is 1. The lowest BCUT2D eigenvalue weighted by atomic mass is 9.75. The third-order valence-electron chi connectivity index (χ3n) is 7.57. The number of rotatable bonds is 3. The molecule has 3 saturated heterocycles. The summed E-state index contributed by atoms with van der Waals surface area (Å²) in [4.78, 5) is 55.3. The van der Waals surface area contributed by atoms with Crippen molar-refractivity contribution in [2.24, 2.45) is 11.8 Å². The number of non-ortho nitro benzene ring substituents is 1. The average Bonchev–Trinajstić information content (AvgIpc) is 3.52. The SMILES string of the molecule is COc1ccc([N+](=O)[O-])cc1N1C(=O)[C@@H]2[C@@H](C1=O)[C@]1(C(=O)Nc3ccc(Br)cc31)N1CCC[C@@H]21. The van der Waals surface area contributed by atoms with Gasteiger partial charge in [-0.1, -0.05) is 15.9 Å². The van der Waals surface area contributed by atoms with Gasteiger partial charge in [0.2, 0.25) is 17.7 Å². The van der Waals surface area contributed by atoms with Gasteiger partial charge >= 0.3 is 0 Å². The van der Waals surface area contributed by atoms with E-state index in [1.807, 2.05) is 17.0 Å². The van der Waals surface area contributed by atoms with Gasteiger partial charge in [0.25, 0.3) is 5.69 Å². The number of imide groups is 1. The van der Waals surface area contributed by atoms with Crippen LogP contribution in [0.15, 0.2) is 40.9 Å². The van der Waals surface area contributed by atoms with E-state index in [4.69, 9.17) is 4.74 Å². The Hall–Kier alpha value is -3.31. The topological polar surface area (TPSA) is 122 Å². The molecule has 34 heavy (non-hydrogen) atoms. The Morgan fingerprint density at radius 1 is 1.18 bits per heavy atom. The van der Waals surface area contributed by atoms with Crippen molar-refractivity contribution in [1.82, 2.24) is 4.90 Å². The third kappa shape index (κ3) is 2.45. The summed E-state index contributed by atoms with van der Waals surface area (Å²) in [6, 6.07) is 8.95. The first kappa shape index (κ1) is 21.2. The molecule has 1 spiro atoms. The van der Waals surface area contributed by atoms with Gasteiger partial charge in [-0.05, 0) is 43.7 Å². The number of nitrogens with zero attached hydrogens (tertiary/aromatic N) is 3. The Balaban J connectivity index is 1.56. The predicted octanol–water partition coefficient (Wildman–Crippen LogP) is 2.80. The van der Waals surface area contributed by atoms with Crippen LogP contribution in [0.3, 0.4) is 0 Å². The minimum Gasteiger partial charge on any atom is -0.495 e. The van der Waals surface area contributed by atoms with Crippen molar-refractivity contribution >= 4 is 50.7 Å². The predicted molar refractivity (Wildman–Crippen MR) is 123 cm³/mol. The number of carbonyl (C=O) groups is 3. The average molecular weight is 527 g/mol. The number of benzene rings is 2. The van der Waals surface area contributed by atoms with Crippen LogP contribution >= 0.6 is 15.9 Å². The van der Waals surface area contributed by atoms with Crippen LogP contribution in [0.25, 0.3) is 0 Å². The van der Waals surface area contributed by atoms with Crippen LogP contribution in [0.5, 0.6) is 5.75 Å². The van der Waals surface area contributed by atoms with E-state index < -0.39 is 34.1 Å². The molecular weight excluding hydrogens is 508 g/mol. The van der Waals surface area contributed by atoms with E-state index in [-0.39, 0.29) is 29.1 Å². The quantitative estimate of drug-likeness (QED) is 0.370. The zero-order valence-corrected chi connectivity index (χ0v) is 19.6. The van der Waals surface area contributed by atoms with Gasteiger partial charge in [-0.15, -0.1) is 0 Å². The van der Waals surface area contributed by atoms with Crippen LogP contribution in [-0.2, 0) is 19.9 Å². The van der Waals surface area contributed by atoms with E-state index in [9.17, 15) is 24.5 Å². The van der Waals surface area contributed by atoms with Crippen LogP contribution in [0.4, 0.5) is 17.1 Å². The zero-order valence-electron chi connectivity index (χ0n) is 18.0. The van der Waals surface area contributed by atoms with Crippen molar-refractivity contribution in [2.75, 3.05) is 23.9 Å². The highest BCUT2D eigenvalue weighted by molar-refractivity contribution is 9.10. The maximum atomic E-state index is 14.0. The van der Waals surface area contributed by atoms with E-state index >= 15 is 0 Å². The summed E-state index contributed by atoms with van der Waals surface area (Å²) in [5.41, 5.74) is -0.279. The first-order valence-corrected chi connectivity index (χ1v) is 11.7. The molecule has 4 aliphatic rings. The fourth-order valence-corrected chi connectivity index (χ4v) is 6.74. The molecular formula is C23H19BrN4O6. The van der Waals surface area contributed by atoms with Gasteiger partial charge in [-0.3, -0.25) is 29.4 Å². The van der Waals surface area contributed by atoms with E-state index in [0.717, 1.165) is 15.8 Å². The van der Waals surface area contributed by atoms with Crippen LogP contribution in [-0.4, -0.2) is 47.2 Å². The lowest BCUT2D eigenvalue weighted by molar-refractivity contribution is -0.384. The number of hydrogen-bond donors (Lipinski definition) is 1. The summed E-state index contributed by atoms with van der Waals surface area (Å²) >= 11 is 3.48. The fourth-order valence-electron chi connectivity index (χ4n) is 6.38. The Morgan fingerprint density at radius 3 is 2.71 bits per heavy atom. The van der Waals surface area contributed by atoms with Crippen molar-refractivity contribution in [3.05, 3.63) is 56.5 Å². The smallest absolute Gasteiger partial charge is 0.271 e. The zero-order chi connectivity index (χ0) is 23.9. The third-order valence-corrected chi connectivity index (χ3v) is 8.06. The highest BCUT2D eigenvalue weighted by Crippen LogP contribution is 2.61. The lowest BCUT2D eigenvalue weighted by Crippen LogP contribution is -2.54. The standard InChI is InChI=1S/C23H19BrN4O6/c1-34-17-7-5-12(28(32)33)10-16(17)27-20(29)18-15-3-2-8-26(15)23(19(18)21(27)30)13-9-11(24)4-6-14(13)25-22(23)31/h4-7,9-10,15,18-19H,2-3,8H2,1H3,(H,25,31)/t15-,18-,19-,23+/m0/s1. The summed E-state index contributed by atoms with van der Waals surface area (Å²) in [5.74, 6) is -2.86. The summed E-state index contributed by atoms with van der Waals surface area (Å²) < 4.78 is 6.10. The molecule has 2 aromatic rings.